The number of piperidine rings is 1. The first-order valence-electron chi connectivity index (χ1n) is 7.21. The molecule has 1 fully saturated rings. The van der Waals surface area contributed by atoms with E-state index in [1.165, 1.54) is 12.1 Å². The minimum Gasteiger partial charge on any atom is -0.334 e. The second-order valence-electron chi connectivity index (χ2n) is 5.68. The highest BCUT2D eigenvalue weighted by molar-refractivity contribution is 5.95. The monoisotopic (exact) mass is 291 g/mol. The van der Waals surface area contributed by atoms with Gasteiger partial charge in [0, 0.05) is 36.3 Å². The second kappa shape index (κ2) is 6.22. The molecule has 1 aromatic rings. The predicted octanol–water partition coefficient (Wildman–Crippen LogP) is 2.10. The van der Waals surface area contributed by atoms with Crippen molar-refractivity contribution in [1.29, 1.82) is 0 Å². The molecular weight excluding hydrogens is 270 g/mol. The number of benzene rings is 1. The summed E-state index contributed by atoms with van der Waals surface area (Å²) in [7, 11) is 0. The van der Waals surface area contributed by atoms with E-state index in [1.54, 1.807) is 13.0 Å². The van der Waals surface area contributed by atoms with E-state index in [2.05, 4.69) is 6.92 Å². The highest BCUT2D eigenvalue weighted by atomic mass is 16.6. The molecule has 0 aromatic heterocycles. The van der Waals surface area contributed by atoms with Crippen molar-refractivity contribution in [3.05, 3.63) is 39.4 Å². The van der Waals surface area contributed by atoms with Gasteiger partial charge >= 0.3 is 0 Å². The van der Waals surface area contributed by atoms with Gasteiger partial charge in [0.2, 0.25) is 0 Å². The maximum Gasteiger partial charge on any atom is 0.272 e. The third-order valence-corrected chi connectivity index (χ3v) is 4.26. The normalized spacial score (nSPS) is 22.1. The Balaban J connectivity index is 2.27. The molecule has 2 rings (SSSR count). The van der Waals surface area contributed by atoms with Gasteiger partial charge in [0.15, 0.2) is 0 Å². The molecule has 114 valence electrons. The van der Waals surface area contributed by atoms with Crippen LogP contribution in [0.1, 0.15) is 35.7 Å². The highest BCUT2D eigenvalue weighted by Crippen LogP contribution is 2.26. The summed E-state index contributed by atoms with van der Waals surface area (Å²) in [5.41, 5.74) is 6.84. The lowest BCUT2D eigenvalue weighted by Crippen LogP contribution is -2.51. The minimum atomic E-state index is -0.435. The zero-order valence-electron chi connectivity index (χ0n) is 12.4. The van der Waals surface area contributed by atoms with Gasteiger partial charge in [-0.3, -0.25) is 14.9 Å². The quantitative estimate of drug-likeness (QED) is 0.682. The van der Waals surface area contributed by atoms with Crippen LogP contribution in [-0.2, 0) is 0 Å². The van der Waals surface area contributed by atoms with Crippen LogP contribution in [0.2, 0.25) is 0 Å². The molecule has 0 saturated carbocycles. The number of nitrogens with zero attached hydrogens (tertiary/aromatic N) is 2. The van der Waals surface area contributed by atoms with E-state index in [0.717, 1.165) is 12.8 Å². The summed E-state index contributed by atoms with van der Waals surface area (Å²) in [6.45, 7) is 4.89. The molecule has 2 unspecified atom stereocenters. The molecule has 2 atom stereocenters. The maximum absolute atomic E-state index is 12.6. The zero-order valence-corrected chi connectivity index (χ0v) is 12.4. The van der Waals surface area contributed by atoms with E-state index >= 15 is 0 Å². The van der Waals surface area contributed by atoms with Gasteiger partial charge in [-0.05, 0) is 37.8 Å². The van der Waals surface area contributed by atoms with Gasteiger partial charge in [-0.2, -0.15) is 0 Å². The Bertz CT molecular complexity index is 559. The number of carbonyl (C=O) groups excluding carboxylic acids is 1. The lowest BCUT2D eigenvalue weighted by atomic mass is 9.90. The molecule has 1 aromatic carbocycles. The van der Waals surface area contributed by atoms with Crippen molar-refractivity contribution in [3.8, 4) is 0 Å². The van der Waals surface area contributed by atoms with Crippen LogP contribution >= 0.6 is 0 Å². The first-order valence-corrected chi connectivity index (χ1v) is 7.21. The Morgan fingerprint density at radius 1 is 1.52 bits per heavy atom. The van der Waals surface area contributed by atoms with Crippen molar-refractivity contribution in [2.24, 2.45) is 11.7 Å². The molecule has 1 saturated heterocycles. The van der Waals surface area contributed by atoms with E-state index in [9.17, 15) is 14.9 Å². The molecule has 6 heteroatoms. The SMILES string of the molecule is Cc1cc(C(=O)N2CCCC(C)C2CN)ccc1[N+](=O)[O-]. The Morgan fingerprint density at radius 3 is 2.81 bits per heavy atom. The number of nitro groups is 1. The molecule has 1 amide bonds. The number of hydrogen-bond acceptors (Lipinski definition) is 4. The summed E-state index contributed by atoms with van der Waals surface area (Å²) in [5, 5.41) is 10.8. The fourth-order valence-corrected chi connectivity index (χ4v) is 3.02. The van der Waals surface area contributed by atoms with E-state index in [1.807, 2.05) is 4.90 Å². The number of nitrogens with two attached hydrogens (primary N) is 1. The topological polar surface area (TPSA) is 89.5 Å². The summed E-state index contributed by atoms with van der Waals surface area (Å²) in [6, 6.07) is 4.56. The average Bonchev–Trinajstić information content (AvgIpc) is 2.45. The number of aryl methyl sites for hydroxylation is 1. The van der Waals surface area contributed by atoms with Crippen LogP contribution in [0.4, 0.5) is 5.69 Å². The Kier molecular flexibility index (Phi) is 4.57. The lowest BCUT2D eigenvalue weighted by molar-refractivity contribution is -0.385. The van der Waals surface area contributed by atoms with Crippen molar-refractivity contribution in [3.63, 3.8) is 0 Å². The van der Waals surface area contributed by atoms with Gasteiger partial charge in [0.1, 0.15) is 0 Å². The van der Waals surface area contributed by atoms with Crippen molar-refractivity contribution in [1.82, 2.24) is 4.90 Å². The maximum atomic E-state index is 12.6. The van der Waals surface area contributed by atoms with E-state index < -0.39 is 4.92 Å². The predicted molar refractivity (Wildman–Crippen MR) is 80.1 cm³/mol. The largest absolute Gasteiger partial charge is 0.334 e. The van der Waals surface area contributed by atoms with E-state index in [0.29, 0.717) is 30.1 Å². The Labute approximate surface area is 124 Å². The standard InChI is InChI=1S/C15H21N3O3/c1-10-4-3-7-17(14(10)9-16)15(19)12-5-6-13(18(20)21)11(2)8-12/h5-6,8,10,14H,3-4,7,9,16H2,1-2H3. The van der Waals surface area contributed by atoms with Gasteiger partial charge < -0.3 is 10.6 Å². The third-order valence-electron chi connectivity index (χ3n) is 4.26. The number of nitro benzene ring substituents is 1. The minimum absolute atomic E-state index is 0.0361. The third kappa shape index (κ3) is 3.05. The van der Waals surface area contributed by atoms with Gasteiger partial charge in [-0.15, -0.1) is 0 Å². The number of carbonyl (C=O) groups is 1. The molecule has 2 N–H and O–H groups in total. The fourth-order valence-electron chi connectivity index (χ4n) is 3.02. The van der Waals surface area contributed by atoms with Crippen LogP contribution in [0.5, 0.6) is 0 Å². The molecule has 0 spiro atoms. The number of rotatable bonds is 3. The van der Waals surface area contributed by atoms with Crippen molar-refractivity contribution in [2.45, 2.75) is 32.7 Å². The van der Waals surface area contributed by atoms with Gasteiger partial charge in [-0.1, -0.05) is 6.92 Å². The fraction of sp³-hybridized carbons (Fsp3) is 0.533. The molecule has 0 radical (unpaired) electrons. The molecule has 1 heterocycles. The van der Waals surface area contributed by atoms with Crippen molar-refractivity contribution >= 4 is 11.6 Å². The summed E-state index contributed by atoms with van der Waals surface area (Å²) in [6.07, 6.45) is 2.04. The van der Waals surface area contributed by atoms with E-state index in [4.69, 9.17) is 5.73 Å². The van der Waals surface area contributed by atoms with Crippen molar-refractivity contribution in [2.75, 3.05) is 13.1 Å². The number of amides is 1. The number of likely N-dealkylation sites (tertiary alicyclic amines) is 1. The zero-order chi connectivity index (χ0) is 15.6. The summed E-state index contributed by atoms with van der Waals surface area (Å²) in [4.78, 5) is 24.9. The average molecular weight is 291 g/mol. The van der Waals surface area contributed by atoms with Crippen LogP contribution in [0.15, 0.2) is 18.2 Å². The van der Waals surface area contributed by atoms with Crippen LogP contribution in [0, 0.1) is 23.0 Å². The molecule has 21 heavy (non-hydrogen) atoms. The first-order chi connectivity index (χ1) is 9.95. The Hall–Kier alpha value is -1.95. The molecule has 0 aliphatic carbocycles. The van der Waals surface area contributed by atoms with Crippen LogP contribution in [0.3, 0.4) is 0 Å². The van der Waals surface area contributed by atoms with Crippen LogP contribution in [-0.4, -0.2) is 34.9 Å². The highest BCUT2D eigenvalue weighted by Gasteiger charge is 2.31. The lowest BCUT2D eigenvalue weighted by Gasteiger charge is -2.39. The van der Waals surface area contributed by atoms with E-state index in [-0.39, 0.29) is 17.6 Å². The molecule has 6 nitrogen and oxygen atoms in total. The molecule has 0 bridgehead atoms. The smallest absolute Gasteiger partial charge is 0.272 e. The summed E-state index contributed by atoms with van der Waals surface area (Å²) in [5.74, 6) is 0.293. The first kappa shape index (κ1) is 15.4. The summed E-state index contributed by atoms with van der Waals surface area (Å²) < 4.78 is 0. The summed E-state index contributed by atoms with van der Waals surface area (Å²) >= 11 is 0. The van der Waals surface area contributed by atoms with Gasteiger partial charge in [0.25, 0.3) is 11.6 Å². The van der Waals surface area contributed by atoms with Gasteiger partial charge in [0.05, 0.1) is 4.92 Å². The number of hydrogen-bond donors (Lipinski definition) is 1. The molecular formula is C15H21N3O3. The van der Waals surface area contributed by atoms with Crippen molar-refractivity contribution < 1.29 is 9.72 Å². The van der Waals surface area contributed by atoms with Gasteiger partial charge in [-0.25, -0.2) is 0 Å². The van der Waals surface area contributed by atoms with Crippen LogP contribution < -0.4 is 5.73 Å². The van der Waals surface area contributed by atoms with Crippen LogP contribution in [0.25, 0.3) is 0 Å². The molecule has 1 aliphatic rings. The second-order valence-corrected chi connectivity index (χ2v) is 5.68. The Morgan fingerprint density at radius 2 is 2.24 bits per heavy atom. The molecule has 1 aliphatic heterocycles.